The topological polar surface area (TPSA) is 138 Å². The zero-order chi connectivity index (χ0) is 21.7. The third kappa shape index (κ3) is 5.28. The molecule has 0 saturated heterocycles. The SMILES string of the molecule is Cc1nc(N)ccc1CNC(=O)CN1C(=O)[C@H](NCC(=O)O)CSc2ccccc21. The van der Waals surface area contributed by atoms with Crippen molar-refractivity contribution in [3.63, 3.8) is 0 Å². The summed E-state index contributed by atoms with van der Waals surface area (Å²) in [6.45, 7) is 1.55. The van der Waals surface area contributed by atoms with Gasteiger partial charge in [-0.1, -0.05) is 18.2 Å². The van der Waals surface area contributed by atoms with Gasteiger partial charge in [-0.05, 0) is 30.7 Å². The Bertz CT molecular complexity index is 968. The molecule has 0 unspecified atom stereocenters. The smallest absolute Gasteiger partial charge is 0.317 e. The molecule has 0 aliphatic carbocycles. The van der Waals surface area contributed by atoms with E-state index in [2.05, 4.69) is 15.6 Å². The average Bonchev–Trinajstić information content (AvgIpc) is 2.83. The number of aliphatic carboxylic acids is 1. The van der Waals surface area contributed by atoms with Crippen molar-refractivity contribution in [2.45, 2.75) is 24.4 Å². The lowest BCUT2D eigenvalue weighted by molar-refractivity contribution is -0.136. The van der Waals surface area contributed by atoms with Crippen molar-refractivity contribution in [3.05, 3.63) is 47.7 Å². The Hall–Kier alpha value is -3.11. The third-order valence-electron chi connectivity index (χ3n) is 4.62. The summed E-state index contributed by atoms with van der Waals surface area (Å²) in [5, 5.41) is 14.5. The van der Waals surface area contributed by atoms with Gasteiger partial charge in [0.15, 0.2) is 0 Å². The van der Waals surface area contributed by atoms with Gasteiger partial charge in [-0.2, -0.15) is 0 Å². The normalized spacial score (nSPS) is 16.0. The van der Waals surface area contributed by atoms with Crippen LogP contribution >= 0.6 is 11.8 Å². The van der Waals surface area contributed by atoms with E-state index >= 15 is 0 Å². The first kappa shape index (κ1) is 21.6. The van der Waals surface area contributed by atoms with Crippen molar-refractivity contribution < 1.29 is 19.5 Å². The number of aryl methyl sites for hydroxylation is 1. The van der Waals surface area contributed by atoms with E-state index in [4.69, 9.17) is 10.8 Å². The summed E-state index contributed by atoms with van der Waals surface area (Å²) < 4.78 is 0. The number of amides is 2. The monoisotopic (exact) mass is 429 g/mol. The van der Waals surface area contributed by atoms with Crippen molar-refractivity contribution in [1.82, 2.24) is 15.6 Å². The Kier molecular flexibility index (Phi) is 6.91. The first-order valence-corrected chi connectivity index (χ1v) is 10.3. The minimum absolute atomic E-state index is 0.177. The van der Waals surface area contributed by atoms with E-state index in [1.54, 1.807) is 24.3 Å². The second-order valence-electron chi connectivity index (χ2n) is 6.79. The number of nitrogen functional groups attached to an aromatic ring is 1. The molecule has 158 valence electrons. The van der Waals surface area contributed by atoms with Crippen molar-refractivity contribution in [3.8, 4) is 0 Å². The number of benzene rings is 1. The number of para-hydroxylation sites is 1. The zero-order valence-corrected chi connectivity index (χ0v) is 17.2. The van der Waals surface area contributed by atoms with Crippen LogP contribution in [0, 0.1) is 6.92 Å². The van der Waals surface area contributed by atoms with E-state index < -0.39 is 12.0 Å². The average molecular weight is 430 g/mol. The summed E-state index contributed by atoms with van der Waals surface area (Å²) in [6, 6.07) is 10.1. The number of nitrogens with one attached hydrogen (secondary N) is 2. The molecule has 1 aromatic carbocycles. The molecule has 2 heterocycles. The van der Waals surface area contributed by atoms with Crippen LogP contribution in [0.3, 0.4) is 0 Å². The molecular weight excluding hydrogens is 406 g/mol. The fourth-order valence-electron chi connectivity index (χ4n) is 3.06. The lowest BCUT2D eigenvalue weighted by Crippen LogP contribution is -2.51. The number of anilines is 2. The molecule has 1 aliphatic rings. The van der Waals surface area contributed by atoms with Crippen LogP contribution in [0.2, 0.25) is 0 Å². The van der Waals surface area contributed by atoms with Crippen LogP contribution in [-0.4, -0.2) is 52.8 Å². The molecular formula is C20H23N5O4S. The van der Waals surface area contributed by atoms with Crippen molar-refractivity contribution in [2.24, 2.45) is 0 Å². The van der Waals surface area contributed by atoms with Gasteiger partial charge in [-0.25, -0.2) is 4.98 Å². The highest BCUT2D eigenvalue weighted by atomic mass is 32.2. The summed E-state index contributed by atoms with van der Waals surface area (Å²) in [6.07, 6.45) is 0. The van der Waals surface area contributed by atoms with E-state index in [0.29, 0.717) is 17.3 Å². The van der Waals surface area contributed by atoms with Gasteiger partial charge >= 0.3 is 5.97 Å². The van der Waals surface area contributed by atoms with Crippen LogP contribution in [0.5, 0.6) is 0 Å². The van der Waals surface area contributed by atoms with E-state index in [1.807, 2.05) is 19.1 Å². The number of hydrogen-bond donors (Lipinski definition) is 4. The Morgan fingerprint density at radius 2 is 2.07 bits per heavy atom. The van der Waals surface area contributed by atoms with Gasteiger partial charge in [0.05, 0.1) is 18.3 Å². The highest BCUT2D eigenvalue weighted by molar-refractivity contribution is 7.99. The van der Waals surface area contributed by atoms with Crippen LogP contribution in [0.15, 0.2) is 41.3 Å². The molecule has 3 rings (SSSR count). The Balaban J connectivity index is 1.73. The van der Waals surface area contributed by atoms with Gasteiger partial charge in [0.25, 0.3) is 0 Å². The molecule has 1 aliphatic heterocycles. The molecule has 0 radical (unpaired) electrons. The van der Waals surface area contributed by atoms with E-state index in [9.17, 15) is 14.4 Å². The van der Waals surface area contributed by atoms with E-state index in [0.717, 1.165) is 16.2 Å². The summed E-state index contributed by atoms with van der Waals surface area (Å²) in [4.78, 5) is 43.0. The molecule has 2 aromatic rings. The highest BCUT2D eigenvalue weighted by Gasteiger charge is 2.32. The van der Waals surface area contributed by atoms with Gasteiger partial charge < -0.3 is 21.1 Å². The fourth-order valence-corrected chi connectivity index (χ4v) is 4.17. The standard InChI is InChI=1S/C20H23N5O4S/c1-12-13(6-7-17(21)24-12)8-23-18(26)10-25-15-4-2-3-5-16(15)30-11-14(20(25)29)22-9-19(27)28/h2-7,14,22H,8-11H2,1H3,(H2,21,24)(H,23,26)(H,27,28)/t14-/m1/s1. The van der Waals surface area contributed by atoms with Crippen LogP contribution in [-0.2, 0) is 20.9 Å². The number of rotatable bonds is 7. The molecule has 0 fully saturated rings. The van der Waals surface area contributed by atoms with Crippen LogP contribution in [0.25, 0.3) is 0 Å². The maximum Gasteiger partial charge on any atom is 0.317 e. The van der Waals surface area contributed by atoms with Gasteiger partial charge in [0.1, 0.15) is 12.4 Å². The van der Waals surface area contributed by atoms with Gasteiger partial charge in [-0.3, -0.25) is 19.7 Å². The predicted octanol–water partition coefficient (Wildman–Crippen LogP) is 0.770. The number of carbonyl (C=O) groups excluding carboxylic acids is 2. The van der Waals surface area contributed by atoms with Crippen LogP contribution < -0.4 is 21.3 Å². The summed E-state index contributed by atoms with van der Waals surface area (Å²) in [5.74, 6) is -0.942. The summed E-state index contributed by atoms with van der Waals surface area (Å²) in [7, 11) is 0. The quantitative estimate of drug-likeness (QED) is 0.506. The first-order chi connectivity index (χ1) is 14.3. The van der Waals surface area contributed by atoms with Crippen LogP contribution in [0.1, 0.15) is 11.3 Å². The predicted molar refractivity (Wildman–Crippen MR) is 114 cm³/mol. The minimum Gasteiger partial charge on any atom is -0.480 e. The Labute approximate surface area is 178 Å². The maximum absolute atomic E-state index is 13.1. The highest BCUT2D eigenvalue weighted by Crippen LogP contribution is 2.34. The van der Waals surface area contributed by atoms with Crippen molar-refractivity contribution in [1.29, 1.82) is 0 Å². The summed E-state index contributed by atoms with van der Waals surface area (Å²) in [5.41, 5.74) is 7.84. The number of carboxylic acid groups (broad SMARTS) is 1. The largest absolute Gasteiger partial charge is 0.480 e. The van der Waals surface area contributed by atoms with Crippen LogP contribution in [0.4, 0.5) is 11.5 Å². The number of fused-ring (bicyclic) bond motifs is 1. The molecule has 10 heteroatoms. The lowest BCUT2D eigenvalue weighted by Gasteiger charge is -2.25. The molecule has 1 atom stereocenters. The lowest BCUT2D eigenvalue weighted by atomic mass is 10.2. The molecule has 30 heavy (non-hydrogen) atoms. The number of carboxylic acids is 1. The second kappa shape index (κ2) is 9.59. The third-order valence-corrected chi connectivity index (χ3v) is 5.78. The number of thioether (sulfide) groups is 1. The molecule has 1 aromatic heterocycles. The van der Waals surface area contributed by atoms with Gasteiger partial charge in [-0.15, -0.1) is 11.8 Å². The molecule has 9 nitrogen and oxygen atoms in total. The second-order valence-corrected chi connectivity index (χ2v) is 7.85. The number of carbonyl (C=O) groups is 3. The number of pyridine rings is 1. The molecule has 2 amide bonds. The van der Waals surface area contributed by atoms with Gasteiger partial charge in [0, 0.05) is 22.9 Å². The minimum atomic E-state index is -1.05. The molecule has 0 saturated carbocycles. The summed E-state index contributed by atoms with van der Waals surface area (Å²) >= 11 is 1.45. The Morgan fingerprint density at radius 1 is 1.30 bits per heavy atom. The molecule has 5 N–H and O–H groups in total. The van der Waals surface area contributed by atoms with Crippen molar-refractivity contribution in [2.75, 3.05) is 29.5 Å². The van der Waals surface area contributed by atoms with E-state index in [-0.39, 0.29) is 31.4 Å². The molecule has 0 spiro atoms. The van der Waals surface area contributed by atoms with Gasteiger partial charge in [0.2, 0.25) is 11.8 Å². The number of nitrogens with zero attached hydrogens (tertiary/aromatic N) is 2. The number of aromatic nitrogens is 1. The maximum atomic E-state index is 13.1. The number of nitrogens with two attached hydrogens (primary N) is 1. The first-order valence-electron chi connectivity index (χ1n) is 9.32. The molecule has 0 bridgehead atoms. The Morgan fingerprint density at radius 3 is 2.80 bits per heavy atom. The van der Waals surface area contributed by atoms with Crippen molar-refractivity contribution >= 4 is 41.1 Å². The fraction of sp³-hybridized carbons (Fsp3) is 0.300. The van der Waals surface area contributed by atoms with E-state index in [1.165, 1.54) is 16.7 Å². The number of hydrogen-bond acceptors (Lipinski definition) is 7. The zero-order valence-electron chi connectivity index (χ0n) is 16.4.